The van der Waals surface area contributed by atoms with Gasteiger partial charge < -0.3 is 9.64 Å². The van der Waals surface area contributed by atoms with Gasteiger partial charge in [0.1, 0.15) is 6.04 Å². The Labute approximate surface area is 169 Å². The van der Waals surface area contributed by atoms with Gasteiger partial charge in [-0.2, -0.15) is 4.72 Å². The van der Waals surface area contributed by atoms with Gasteiger partial charge in [-0.3, -0.25) is 9.59 Å². The normalized spacial score (nSPS) is 16.5. The van der Waals surface area contributed by atoms with Gasteiger partial charge in [0.2, 0.25) is 10.0 Å². The maximum Gasteiger partial charge on any atom is 0.324 e. The summed E-state index contributed by atoms with van der Waals surface area (Å²) in [6, 6.07) is 2.65. The van der Waals surface area contributed by atoms with Crippen LogP contribution in [0.15, 0.2) is 23.1 Å². The molecule has 1 heterocycles. The van der Waals surface area contributed by atoms with Crippen LogP contribution >= 0.6 is 23.2 Å². The minimum Gasteiger partial charge on any atom is -0.454 e. The van der Waals surface area contributed by atoms with Crippen LogP contribution in [0.1, 0.15) is 32.6 Å². The Bertz CT molecular complexity index is 793. The molecule has 1 aliphatic rings. The first-order valence-corrected chi connectivity index (χ1v) is 10.9. The highest BCUT2D eigenvalue weighted by Crippen LogP contribution is 2.24. The van der Waals surface area contributed by atoms with E-state index in [-0.39, 0.29) is 20.8 Å². The smallest absolute Gasteiger partial charge is 0.324 e. The largest absolute Gasteiger partial charge is 0.454 e. The minimum atomic E-state index is -4.00. The van der Waals surface area contributed by atoms with E-state index in [1.54, 1.807) is 4.90 Å². The third-order valence-electron chi connectivity index (χ3n) is 4.18. The molecule has 7 nitrogen and oxygen atoms in total. The van der Waals surface area contributed by atoms with E-state index in [0.717, 1.165) is 25.7 Å². The summed E-state index contributed by atoms with van der Waals surface area (Å²) in [5, 5.41) is 0.299. The molecule has 1 unspecified atom stereocenters. The summed E-state index contributed by atoms with van der Waals surface area (Å²) in [7, 11) is -4.00. The number of nitrogens with zero attached hydrogens (tertiary/aromatic N) is 1. The second kappa shape index (κ2) is 9.73. The molecule has 1 N–H and O–H groups in total. The van der Waals surface area contributed by atoms with Crippen LogP contribution in [0.25, 0.3) is 0 Å². The highest BCUT2D eigenvalue weighted by molar-refractivity contribution is 7.89. The van der Waals surface area contributed by atoms with Crippen molar-refractivity contribution in [2.75, 3.05) is 19.7 Å². The first-order valence-electron chi connectivity index (χ1n) is 8.62. The standard InChI is InChI=1S/C17H22Cl2N2O5S/c1-12(20-27(24,25)13-6-7-14(18)15(19)10-13)17(23)26-11-16(22)21-8-4-2-3-5-9-21/h6-7,10,12,20H,2-5,8-9,11H2,1H3. The number of carbonyl (C=O) groups excluding carboxylic acids is 2. The number of ether oxygens (including phenoxy) is 1. The molecule has 10 heteroatoms. The molecule has 1 atom stereocenters. The van der Waals surface area contributed by atoms with Crippen LogP contribution in [-0.4, -0.2) is 50.9 Å². The number of amides is 1. The SMILES string of the molecule is CC(NS(=O)(=O)c1ccc(Cl)c(Cl)c1)C(=O)OCC(=O)N1CCCCCC1. The summed E-state index contributed by atoms with van der Waals surface area (Å²) in [5.74, 6) is -1.11. The van der Waals surface area contributed by atoms with Gasteiger partial charge in [0.15, 0.2) is 6.61 Å². The highest BCUT2D eigenvalue weighted by Gasteiger charge is 2.25. The quantitative estimate of drug-likeness (QED) is 0.691. The number of nitrogens with one attached hydrogen (secondary N) is 1. The molecule has 2 rings (SSSR count). The lowest BCUT2D eigenvalue weighted by atomic mass is 10.2. The molecule has 0 spiro atoms. The van der Waals surface area contributed by atoms with Crippen molar-refractivity contribution in [1.82, 2.24) is 9.62 Å². The van der Waals surface area contributed by atoms with Gasteiger partial charge in [-0.25, -0.2) is 8.42 Å². The third-order valence-corrected chi connectivity index (χ3v) is 6.46. The van der Waals surface area contributed by atoms with Crippen LogP contribution < -0.4 is 4.72 Å². The second-order valence-corrected chi connectivity index (χ2v) is 8.85. The molecule has 1 fully saturated rings. The van der Waals surface area contributed by atoms with Crippen LogP contribution in [0.5, 0.6) is 0 Å². The number of esters is 1. The monoisotopic (exact) mass is 436 g/mol. The first kappa shape index (κ1) is 21.9. The molecule has 0 aromatic heterocycles. The van der Waals surface area contributed by atoms with Gasteiger partial charge >= 0.3 is 5.97 Å². The molecule has 0 saturated carbocycles. The fraction of sp³-hybridized carbons (Fsp3) is 0.529. The predicted octanol–water partition coefficient (Wildman–Crippen LogP) is 2.61. The fourth-order valence-corrected chi connectivity index (χ4v) is 4.24. The maximum absolute atomic E-state index is 12.3. The Kier molecular flexibility index (Phi) is 7.91. The summed E-state index contributed by atoms with van der Waals surface area (Å²) in [6.07, 6.45) is 4.02. The van der Waals surface area contributed by atoms with Gasteiger partial charge in [-0.05, 0) is 38.0 Å². The molecule has 0 radical (unpaired) electrons. The molecular formula is C17H22Cl2N2O5S. The fourth-order valence-electron chi connectivity index (χ4n) is 2.66. The number of rotatable bonds is 6. The van der Waals surface area contributed by atoms with E-state index in [0.29, 0.717) is 13.1 Å². The molecule has 0 aliphatic carbocycles. The van der Waals surface area contributed by atoms with E-state index in [1.807, 2.05) is 0 Å². The summed E-state index contributed by atoms with van der Waals surface area (Å²) in [4.78, 5) is 25.7. The summed E-state index contributed by atoms with van der Waals surface area (Å²) < 4.78 is 31.9. The lowest BCUT2D eigenvalue weighted by molar-refractivity contribution is -0.153. The number of benzene rings is 1. The maximum atomic E-state index is 12.3. The van der Waals surface area contributed by atoms with Crippen molar-refractivity contribution in [2.24, 2.45) is 0 Å². The van der Waals surface area contributed by atoms with Gasteiger partial charge in [-0.15, -0.1) is 0 Å². The van der Waals surface area contributed by atoms with E-state index in [1.165, 1.54) is 25.1 Å². The van der Waals surface area contributed by atoms with E-state index in [9.17, 15) is 18.0 Å². The van der Waals surface area contributed by atoms with Gasteiger partial charge in [0, 0.05) is 13.1 Å². The molecule has 1 aliphatic heterocycles. The molecule has 27 heavy (non-hydrogen) atoms. The van der Waals surface area contributed by atoms with Crippen LogP contribution in [-0.2, 0) is 24.3 Å². The van der Waals surface area contributed by atoms with E-state index < -0.39 is 28.6 Å². The number of carbonyl (C=O) groups is 2. The highest BCUT2D eigenvalue weighted by atomic mass is 35.5. The van der Waals surface area contributed by atoms with Crippen molar-refractivity contribution in [2.45, 2.75) is 43.5 Å². The lowest BCUT2D eigenvalue weighted by Gasteiger charge is -2.20. The average Bonchev–Trinajstić information content (AvgIpc) is 2.90. The van der Waals surface area contributed by atoms with Gasteiger partial charge in [0.05, 0.1) is 14.9 Å². The molecule has 1 saturated heterocycles. The summed E-state index contributed by atoms with van der Waals surface area (Å²) in [6.45, 7) is 2.23. The van der Waals surface area contributed by atoms with E-state index >= 15 is 0 Å². The summed E-state index contributed by atoms with van der Waals surface area (Å²) in [5.41, 5.74) is 0. The number of sulfonamides is 1. The first-order chi connectivity index (χ1) is 12.7. The molecular weight excluding hydrogens is 415 g/mol. The number of likely N-dealkylation sites (tertiary alicyclic amines) is 1. The second-order valence-electron chi connectivity index (χ2n) is 6.32. The lowest BCUT2D eigenvalue weighted by Crippen LogP contribution is -2.41. The molecule has 0 bridgehead atoms. The minimum absolute atomic E-state index is 0.0813. The van der Waals surface area contributed by atoms with Crippen molar-refractivity contribution in [3.8, 4) is 0 Å². The summed E-state index contributed by atoms with van der Waals surface area (Å²) >= 11 is 11.6. The third kappa shape index (κ3) is 6.34. The van der Waals surface area contributed by atoms with Crippen molar-refractivity contribution < 1.29 is 22.7 Å². The zero-order valence-corrected chi connectivity index (χ0v) is 17.2. The van der Waals surface area contributed by atoms with Crippen LogP contribution in [0, 0.1) is 0 Å². The van der Waals surface area contributed by atoms with Gasteiger partial charge in [-0.1, -0.05) is 36.0 Å². The van der Waals surface area contributed by atoms with E-state index in [2.05, 4.69) is 4.72 Å². The number of hydrogen-bond donors (Lipinski definition) is 1. The molecule has 1 aromatic carbocycles. The van der Waals surface area contributed by atoms with Crippen LogP contribution in [0.4, 0.5) is 0 Å². The van der Waals surface area contributed by atoms with Crippen LogP contribution in [0.2, 0.25) is 10.0 Å². The van der Waals surface area contributed by atoms with E-state index in [4.69, 9.17) is 27.9 Å². The molecule has 150 valence electrons. The zero-order chi connectivity index (χ0) is 20.0. The molecule has 1 amide bonds. The molecule has 1 aromatic rings. The Morgan fingerprint density at radius 3 is 2.37 bits per heavy atom. The Balaban J connectivity index is 1.90. The average molecular weight is 437 g/mol. The number of halogens is 2. The van der Waals surface area contributed by atoms with Crippen molar-refractivity contribution in [3.05, 3.63) is 28.2 Å². The Morgan fingerprint density at radius 1 is 1.15 bits per heavy atom. The zero-order valence-electron chi connectivity index (χ0n) is 14.9. The van der Waals surface area contributed by atoms with Crippen molar-refractivity contribution >= 4 is 45.1 Å². The Morgan fingerprint density at radius 2 is 1.78 bits per heavy atom. The topological polar surface area (TPSA) is 92.8 Å². The van der Waals surface area contributed by atoms with Gasteiger partial charge in [0.25, 0.3) is 5.91 Å². The van der Waals surface area contributed by atoms with Crippen molar-refractivity contribution in [1.29, 1.82) is 0 Å². The predicted molar refractivity (Wildman–Crippen MR) is 102 cm³/mol. The Hall–Kier alpha value is -1.35. The van der Waals surface area contributed by atoms with Crippen molar-refractivity contribution in [3.63, 3.8) is 0 Å². The number of hydrogen-bond acceptors (Lipinski definition) is 5. The van der Waals surface area contributed by atoms with Crippen LogP contribution in [0.3, 0.4) is 0 Å².